The molecular weight excluding hydrogens is 366 g/mol. The number of carbonyl (C=O) groups is 1. The van der Waals surface area contributed by atoms with E-state index in [-0.39, 0.29) is 28.1 Å². The van der Waals surface area contributed by atoms with E-state index in [9.17, 15) is 13.2 Å². The van der Waals surface area contributed by atoms with Crippen molar-refractivity contribution in [2.75, 3.05) is 27.7 Å². The SMILES string of the molecule is CNS(=O)(=O)c1ccc(Cl)c(C(=O)NCC(c2ccco2)N(C)C)c1. The van der Waals surface area contributed by atoms with Crippen molar-refractivity contribution in [1.82, 2.24) is 14.9 Å². The predicted molar refractivity (Wildman–Crippen MR) is 95.2 cm³/mol. The van der Waals surface area contributed by atoms with E-state index in [1.54, 1.807) is 12.3 Å². The van der Waals surface area contributed by atoms with Gasteiger partial charge in [-0.15, -0.1) is 0 Å². The van der Waals surface area contributed by atoms with Crippen molar-refractivity contribution in [1.29, 1.82) is 0 Å². The first-order chi connectivity index (χ1) is 11.8. The largest absolute Gasteiger partial charge is 0.468 e. The molecule has 7 nitrogen and oxygen atoms in total. The zero-order chi connectivity index (χ0) is 18.6. The molecule has 0 radical (unpaired) electrons. The highest BCUT2D eigenvalue weighted by molar-refractivity contribution is 7.89. The van der Waals surface area contributed by atoms with Crippen LogP contribution in [0.25, 0.3) is 0 Å². The zero-order valence-corrected chi connectivity index (χ0v) is 15.7. The summed E-state index contributed by atoms with van der Waals surface area (Å²) in [6.07, 6.45) is 1.57. The fourth-order valence-electron chi connectivity index (χ4n) is 2.27. The van der Waals surface area contributed by atoms with Crippen LogP contribution in [0.2, 0.25) is 5.02 Å². The number of nitrogens with zero attached hydrogens (tertiary/aromatic N) is 1. The maximum Gasteiger partial charge on any atom is 0.252 e. The molecule has 1 heterocycles. The van der Waals surface area contributed by atoms with Crippen LogP contribution in [0.5, 0.6) is 0 Å². The second kappa shape index (κ2) is 8.01. The smallest absolute Gasteiger partial charge is 0.252 e. The van der Waals surface area contributed by atoms with E-state index in [2.05, 4.69) is 10.0 Å². The Morgan fingerprint density at radius 2 is 2.04 bits per heavy atom. The molecule has 0 bridgehead atoms. The van der Waals surface area contributed by atoms with Crippen molar-refractivity contribution in [3.63, 3.8) is 0 Å². The molecule has 136 valence electrons. The standard InChI is InChI=1S/C16H20ClN3O4S/c1-18-25(22,23)11-6-7-13(17)12(9-11)16(21)19-10-14(20(2)3)15-5-4-8-24-15/h4-9,14,18H,10H2,1-3H3,(H,19,21). The molecule has 1 aromatic carbocycles. The summed E-state index contributed by atoms with van der Waals surface area (Å²) in [6, 6.07) is 7.41. The number of nitrogens with one attached hydrogen (secondary N) is 2. The fourth-order valence-corrected chi connectivity index (χ4v) is 3.23. The number of amides is 1. The molecule has 2 rings (SSSR count). The molecule has 1 atom stereocenters. The molecule has 0 saturated heterocycles. The van der Waals surface area contributed by atoms with Crippen LogP contribution in [0.15, 0.2) is 45.9 Å². The van der Waals surface area contributed by atoms with E-state index in [1.807, 2.05) is 25.1 Å². The lowest BCUT2D eigenvalue weighted by molar-refractivity contribution is 0.0939. The molecule has 1 unspecified atom stereocenters. The third-order valence-electron chi connectivity index (χ3n) is 3.71. The first-order valence-electron chi connectivity index (χ1n) is 7.47. The van der Waals surface area contributed by atoms with E-state index in [0.29, 0.717) is 5.76 Å². The summed E-state index contributed by atoms with van der Waals surface area (Å²) in [5, 5.41) is 2.94. The number of likely N-dealkylation sites (N-methyl/N-ethyl adjacent to an activating group) is 1. The number of rotatable bonds is 7. The lowest BCUT2D eigenvalue weighted by Gasteiger charge is -2.22. The normalized spacial score (nSPS) is 13.0. The van der Waals surface area contributed by atoms with Crippen LogP contribution in [-0.4, -0.2) is 46.9 Å². The number of carbonyl (C=O) groups excluding carboxylic acids is 1. The minimum absolute atomic E-state index is 0.0280. The van der Waals surface area contributed by atoms with Crippen molar-refractivity contribution in [3.05, 3.63) is 52.9 Å². The maximum atomic E-state index is 12.5. The lowest BCUT2D eigenvalue weighted by Crippen LogP contribution is -2.34. The molecule has 2 N–H and O–H groups in total. The predicted octanol–water partition coefficient (Wildman–Crippen LogP) is 1.87. The average Bonchev–Trinajstić information content (AvgIpc) is 3.09. The molecule has 1 aromatic heterocycles. The Morgan fingerprint density at radius 3 is 2.60 bits per heavy atom. The molecule has 1 amide bonds. The number of halogens is 1. The Morgan fingerprint density at radius 1 is 1.32 bits per heavy atom. The van der Waals surface area contributed by atoms with Gasteiger partial charge < -0.3 is 9.73 Å². The van der Waals surface area contributed by atoms with Gasteiger partial charge >= 0.3 is 0 Å². The number of furan rings is 1. The van der Waals surface area contributed by atoms with Gasteiger partial charge in [0.1, 0.15) is 5.76 Å². The van der Waals surface area contributed by atoms with Crippen LogP contribution < -0.4 is 10.0 Å². The molecular formula is C16H20ClN3O4S. The van der Waals surface area contributed by atoms with Crippen LogP contribution in [0.3, 0.4) is 0 Å². The Kier molecular flexibility index (Phi) is 6.23. The van der Waals surface area contributed by atoms with Crippen molar-refractivity contribution in [2.45, 2.75) is 10.9 Å². The van der Waals surface area contributed by atoms with Crippen molar-refractivity contribution in [3.8, 4) is 0 Å². The van der Waals surface area contributed by atoms with Crippen LogP contribution >= 0.6 is 11.6 Å². The highest BCUT2D eigenvalue weighted by Gasteiger charge is 2.21. The van der Waals surface area contributed by atoms with Crippen molar-refractivity contribution < 1.29 is 17.6 Å². The van der Waals surface area contributed by atoms with Crippen molar-refractivity contribution in [2.24, 2.45) is 0 Å². The van der Waals surface area contributed by atoms with Crippen LogP contribution in [0.1, 0.15) is 22.2 Å². The van der Waals surface area contributed by atoms with Gasteiger partial charge in [0.15, 0.2) is 0 Å². The Labute approximate surface area is 152 Å². The summed E-state index contributed by atoms with van der Waals surface area (Å²) in [5.41, 5.74) is 0.0925. The van der Waals surface area contributed by atoms with Crippen LogP contribution in [-0.2, 0) is 10.0 Å². The minimum Gasteiger partial charge on any atom is -0.468 e. The monoisotopic (exact) mass is 385 g/mol. The number of hydrogen-bond acceptors (Lipinski definition) is 5. The third-order valence-corrected chi connectivity index (χ3v) is 5.45. The summed E-state index contributed by atoms with van der Waals surface area (Å²) in [6.45, 7) is 0.276. The Balaban J connectivity index is 2.19. The minimum atomic E-state index is -3.66. The first kappa shape index (κ1) is 19.5. The van der Waals surface area contributed by atoms with Gasteiger partial charge in [-0.3, -0.25) is 9.69 Å². The van der Waals surface area contributed by atoms with Gasteiger partial charge in [0.05, 0.1) is 27.8 Å². The van der Waals surface area contributed by atoms with E-state index >= 15 is 0 Å². The number of benzene rings is 1. The van der Waals surface area contributed by atoms with Gasteiger partial charge in [0.25, 0.3) is 5.91 Å². The summed E-state index contributed by atoms with van der Waals surface area (Å²) < 4.78 is 31.4. The second-order valence-corrected chi connectivity index (χ2v) is 7.85. The van der Waals surface area contributed by atoms with Gasteiger partial charge in [-0.1, -0.05) is 11.6 Å². The molecule has 9 heteroatoms. The van der Waals surface area contributed by atoms with E-state index in [4.69, 9.17) is 16.0 Å². The highest BCUT2D eigenvalue weighted by Crippen LogP contribution is 2.21. The Hall–Kier alpha value is -1.87. The van der Waals surface area contributed by atoms with Gasteiger partial charge in [-0.2, -0.15) is 0 Å². The van der Waals surface area contributed by atoms with Gasteiger partial charge in [-0.05, 0) is 51.5 Å². The summed E-state index contributed by atoms with van der Waals surface area (Å²) in [7, 11) is 1.37. The molecule has 0 aliphatic rings. The number of hydrogen-bond donors (Lipinski definition) is 2. The van der Waals surface area contributed by atoms with Crippen molar-refractivity contribution >= 4 is 27.5 Å². The average molecular weight is 386 g/mol. The molecule has 0 spiro atoms. The van der Waals surface area contributed by atoms with Crippen LogP contribution in [0, 0.1) is 0 Å². The van der Waals surface area contributed by atoms with E-state index < -0.39 is 15.9 Å². The summed E-state index contributed by atoms with van der Waals surface area (Å²) in [4.78, 5) is 14.3. The summed E-state index contributed by atoms with van der Waals surface area (Å²) >= 11 is 6.06. The topological polar surface area (TPSA) is 91.6 Å². The molecule has 0 aliphatic heterocycles. The van der Waals surface area contributed by atoms with Crippen LogP contribution in [0.4, 0.5) is 0 Å². The number of sulfonamides is 1. The highest BCUT2D eigenvalue weighted by atomic mass is 35.5. The quantitative estimate of drug-likeness (QED) is 0.759. The molecule has 0 aliphatic carbocycles. The lowest BCUT2D eigenvalue weighted by atomic mass is 10.1. The maximum absolute atomic E-state index is 12.5. The van der Waals surface area contributed by atoms with E-state index in [1.165, 1.54) is 25.2 Å². The van der Waals surface area contributed by atoms with Gasteiger partial charge in [0.2, 0.25) is 10.0 Å². The third kappa shape index (κ3) is 4.60. The van der Waals surface area contributed by atoms with Gasteiger partial charge in [-0.25, -0.2) is 13.1 Å². The summed E-state index contributed by atoms with van der Waals surface area (Å²) in [5.74, 6) is 0.250. The molecule has 2 aromatic rings. The molecule has 0 fully saturated rings. The fraction of sp³-hybridized carbons (Fsp3) is 0.312. The first-order valence-corrected chi connectivity index (χ1v) is 9.33. The van der Waals surface area contributed by atoms with E-state index in [0.717, 1.165) is 0 Å². The molecule has 0 saturated carbocycles. The second-order valence-electron chi connectivity index (χ2n) is 5.55. The zero-order valence-electron chi connectivity index (χ0n) is 14.1. The Bertz CT molecular complexity index is 835. The molecule has 25 heavy (non-hydrogen) atoms. The van der Waals surface area contributed by atoms with Gasteiger partial charge in [0, 0.05) is 6.54 Å².